The standard InChI is InChI=1S/C23H34N4O6S/c1-3-19-21-20(10-5-13-32-14-6-11-25-22(21)28)27(26-19)12-7-15-33-23(29)17-8-4-9-18(16-17)34(30,31)24-2/h4,8-9,16,23-24,29H,3,5-7,10-15H2,1-2H3,(H,25,28). The second kappa shape index (κ2) is 12.4. The Hall–Kier alpha value is -2.31. The van der Waals surface area contributed by atoms with Gasteiger partial charge in [-0.05, 0) is 51.3 Å². The van der Waals surface area contributed by atoms with Crippen LogP contribution in [0, 0.1) is 0 Å². The summed E-state index contributed by atoms with van der Waals surface area (Å²) in [6, 6.07) is 6.00. The first kappa shape index (κ1) is 26.3. The highest BCUT2D eigenvalue weighted by molar-refractivity contribution is 7.89. The van der Waals surface area contributed by atoms with Crippen LogP contribution in [0.25, 0.3) is 0 Å². The van der Waals surface area contributed by atoms with Crippen molar-refractivity contribution in [1.29, 1.82) is 0 Å². The number of sulfonamides is 1. The lowest BCUT2D eigenvalue weighted by atomic mass is 10.1. The van der Waals surface area contributed by atoms with Crippen LogP contribution in [-0.4, -0.2) is 62.6 Å². The normalized spacial score (nSPS) is 16.4. The Kier molecular flexibility index (Phi) is 9.60. The molecule has 0 spiro atoms. The Labute approximate surface area is 200 Å². The molecule has 11 heteroatoms. The van der Waals surface area contributed by atoms with Crippen molar-refractivity contribution in [2.24, 2.45) is 0 Å². The first-order valence-electron chi connectivity index (χ1n) is 11.6. The zero-order valence-corrected chi connectivity index (χ0v) is 20.6. The molecule has 1 aliphatic rings. The zero-order chi connectivity index (χ0) is 24.6. The van der Waals surface area contributed by atoms with Crippen molar-refractivity contribution in [3.63, 3.8) is 0 Å². The number of hydrogen-bond donors (Lipinski definition) is 3. The Morgan fingerprint density at radius 1 is 1.32 bits per heavy atom. The van der Waals surface area contributed by atoms with E-state index in [4.69, 9.17) is 9.47 Å². The van der Waals surface area contributed by atoms with Gasteiger partial charge in [0.1, 0.15) is 0 Å². The number of carbonyl (C=O) groups excluding carboxylic acids is 1. The molecule has 1 atom stereocenters. The SMILES string of the molecule is CCc1nn(CCCOC(O)c2cccc(S(=O)(=O)NC)c2)c2c1C(=O)NCCCOCCC2. The molecule has 1 amide bonds. The van der Waals surface area contributed by atoms with Gasteiger partial charge in [0.05, 0.1) is 28.5 Å². The summed E-state index contributed by atoms with van der Waals surface area (Å²) in [5.41, 5.74) is 2.68. The lowest BCUT2D eigenvalue weighted by Crippen LogP contribution is -2.26. The number of nitrogens with zero attached hydrogens (tertiary/aromatic N) is 2. The number of rotatable bonds is 9. The molecule has 2 aromatic rings. The van der Waals surface area contributed by atoms with Gasteiger partial charge < -0.3 is 19.9 Å². The van der Waals surface area contributed by atoms with Crippen LogP contribution in [-0.2, 0) is 38.9 Å². The molecule has 1 unspecified atom stereocenters. The van der Waals surface area contributed by atoms with Crippen LogP contribution in [0.5, 0.6) is 0 Å². The summed E-state index contributed by atoms with van der Waals surface area (Å²) >= 11 is 0. The molecule has 0 saturated carbocycles. The van der Waals surface area contributed by atoms with Crippen LogP contribution in [0.2, 0.25) is 0 Å². The third-order valence-corrected chi connectivity index (χ3v) is 7.07. The fraction of sp³-hybridized carbons (Fsp3) is 0.565. The Morgan fingerprint density at radius 2 is 2.12 bits per heavy atom. The van der Waals surface area contributed by atoms with Crippen LogP contribution in [0.1, 0.15) is 59.8 Å². The number of aliphatic hydroxyl groups excluding tert-OH is 1. The molecule has 188 valence electrons. The summed E-state index contributed by atoms with van der Waals surface area (Å²) in [5.74, 6) is -0.0944. The Balaban J connectivity index is 1.64. The lowest BCUT2D eigenvalue weighted by molar-refractivity contribution is -0.104. The van der Waals surface area contributed by atoms with Gasteiger partial charge in [0.15, 0.2) is 6.29 Å². The van der Waals surface area contributed by atoms with E-state index in [0.29, 0.717) is 56.7 Å². The second-order valence-corrected chi connectivity index (χ2v) is 9.91. The highest BCUT2D eigenvalue weighted by atomic mass is 32.2. The third-order valence-electron chi connectivity index (χ3n) is 5.66. The van der Waals surface area contributed by atoms with Gasteiger partial charge in [-0.1, -0.05) is 19.1 Å². The molecule has 3 N–H and O–H groups in total. The lowest BCUT2D eigenvalue weighted by Gasteiger charge is -2.14. The topological polar surface area (TPSA) is 132 Å². The van der Waals surface area contributed by atoms with E-state index in [1.807, 2.05) is 11.6 Å². The van der Waals surface area contributed by atoms with E-state index in [9.17, 15) is 18.3 Å². The number of aliphatic hydroxyl groups is 1. The van der Waals surface area contributed by atoms with Crippen LogP contribution in [0.15, 0.2) is 29.2 Å². The molecule has 0 saturated heterocycles. The van der Waals surface area contributed by atoms with Crippen LogP contribution in [0.3, 0.4) is 0 Å². The van der Waals surface area contributed by atoms with E-state index in [1.54, 1.807) is 12.1 Å². The maximum absolute atomic E-state index is 12.8. The molecule has 34 heavy (non-hydrogen) atoms. The van der Waals surface area contributed by atoms with E-state index < -0.39 is 16.3 Å². The van der Waals surface area contributed by atoms with Crippen LogP contribution in [0.4, 0.5) is 0 Å². The number of aromatic nitrogens is 2. The minimum Gasteiger partial charge on any atom is -0.381 e. The van der Waals surface area contributed by atoms with Gasteiger partial charge in [-0.3, -0.25) is 9.48 Å². The summed E-state index contributed by atoms with van der Waals surface area (Å²) < 4.78 is 39.3. The first-order chi connectivity index (χ1) is 16.4. The Bertz CT molecular complexity index is 1070. The average molecular weight is 495 g/mol. The van der Waals surface area contributed by atoms with Crippen LogP contribution >= 0.6 is 0 Å². The number of fused-ring (bicyclic) bond motifs is 1. The van der Waals surface area contributed by atoms with Gasteiger partial charge in [0.2, 0.25) is 10.0 Å². The first-order valence-corrected chi connectivity index (χ1v) is 13.1. The smallest absolute Gasteiger partial charge is 0.255 e. The molecular weight excluding hydrogens is 460 g/mol. The molecule has 0 fully saturated rings. The molecule has 1 aliphatic heterocycles. The van der Waals surface area contributed by atoms with E-state index in [2.05, 4.69) is 15.1 Å². The number of nitrogens with one attached hydrogen (secondary N) is 2. The van der Waals surface area contributed by atoms with Crippen molar-refractivity contribution in [3.05, 3.63) is 46.8 Å². The zero-order valence-electron chi connectivity index (χ0n) is 19.7. The monoisotopic (exact) mass is 494 g/mol. The maximum Gasteiger partial charge on any atom is 0.255 e. The molecule has 0 radical (unpaired) electrons. The molecular formula is C23H34N4O6S. The third kappa shape index (κ3) is 6.63. The van der Waals surface area contributed by atoms with Gasteiger partial charge in [-0.25, -0.2) is 13.1 Å². The van der Waals surface area contributed by atoms with Crippen molar-refractivity contribution in [3.8, 4) is 0 Å². The predicted octanol–water partition coefficient (Wildman–Crippen LogP) is 1.53. The van der Waals surface area contributed by atoms with E-state index in [0.717, 1.165) is 24.2 Å². The summed E-state index contributed by atoms with van der Waals surface area (Å²) in [7, 11) is -2.28. The summed E-state index contributed by atoms with van der Waals surface area (Å²) in [4.78, 5) is 12.9. The van der Waals surface area contributed by atoms with E-state index in [-0.39, 0.29) is 17.4 Å². The molecule has 2 heterocycles. The molecule has 0 bridgehead atoms. The minimum absolute atomic E-state index is 0.0576. The molecule has 3 rings (SSSR count). The second-order valence-electron chi connectivity index (χ2n) is 8.03. The van der Waals surface area contributed by atoms with Gasteiger partial charge in [0.25, 0.3) is 5.91 Å². The van der Waals surface area contributed by atoms with Crippen molar-refractivity contribution < 1.29 is 27.8 Å². The average Bonchev–Trinajstić information content (AvgIpc) is 3.18. The number of benzene rings is 1. The van der Waals surface area contributed by atoms with Crippen molar-refractivity contribution in [1.82, 2.24) is 19.8 Å². The van der Waals surface area contributed by atoms with Gasteiger partial charge >= 0.3 is 0 Å². The largest absolute Gasteiger partial charge is 0.381 e. The predicted molar refractivity (Wildman–Crippen MR) is 126 cm³/mol. The minimum atomic E-state index is -3.61. The highest BCUT2D eigenvalue weighted by Gasteiger charge is 2.23. The van der Waals surface area contributed by atoms with E-state index >= 15 is 0 Å². The maximum atomic E-state index is 12.8. The number of carbonyl (C=O) groups is 1. The summed E-state index contributed by atoms with van der Waals surface area (Å²) in [6.45, 7) is 4.57. The van der Waals surface area contributed by atoms with Crippen molar-refractivity contribution in [2.45, 2.75) is 56.8 Å². The molecule has 1 aromatic carbocycles. The van der Waals surface area contributed by atoms with Gasteiger partial charge in [0, 0.05) is 31.9 Å². The van der Waals surface area contributed by atoms with E-state index in [1.165, 1.54) is 19.2 Å². The summed E-state index contributed by atoms with van der Waals surface area (Å²) in [5, 5.41) is 18.0. The number of hydrogen-bond acceptors (Lipinski definition) is 7. The van der Waals surface area contributed by atoms with Gasteiger partial charge in [-0.15, -0.1) is 0 Å². The fourth-order valence-corrected chi connectivity index (χ4v) is 4.65. The molecule has 10 nitrogen and oxygen atoms in total. The summed E-state index contributed by atoms with van der Waals surface area (Å²) in [6.07, 6.45) is 2.22. The van der Waals surface area contributed by atoms with Crippen molar-refractivity contribution in [2.75, 3.05) is 33.4 Å². The van der Waals surface area contributed by atoms with Gasteiger partial charge in [-0.2, -0.15) is 5.10 Å². The molecule has 0 aliphatic carbocycles. The fourth-order valence-electron chi connectivity index (χ4n) is 3.87. The Morgan fingerprint density at radius 3 is 2.88 bits per heavy atom. The van der Waals surface area contributed by atoms with Crippen molar-refractivity contribution >= 4 is 15.9 Å². The van der Waals surface area contributed by atoms with Crippen LogP contribution < -0.4 is 10.0 Å². The number of amides is 1. The highest BCUT2D eigenvalue weighted by Crippen LogP contribution is 2.21. The number of aryl methyl sites for hydroxylation is 2. The number of ether oxygens (including phenoxy) is 2. The molecule has 1 aromatic heterocycles. The quantitative estimate of drug-likeness (QED) is 0.356.